The molecular formula is C20H24F3N5O4. The number of carbonyl (C=O) groups excluding carboxylic acids is 1. The van der Waals surface area contributed by atoms with Crippen LogP contribution in [0.25, 0.3) is 0 Å². The molecule has 0 spiro atoms. The van der Waals surface area contributed by atoms with Crippen LogP contribution in [0.2, 0.25) is 0 Å². The summed E-state index contributed by atoms with van der Waals surface area (Å²) in [6, 6.07) is 0. The normalized spacial score (nSPS) is 17.9. The summed E-state index contributed by atoms with van der Waals surface area (Å²) >= 11 is 0. The average molecular weight is 455 g/mol. The minimum atomic E-state index is -5.08. The first-order valence-electron chi connectivity index (χ1n) is 10.2. The maximum Gasteiger partial charge on any atom is 0.490 e. The fourth-order valence-corrected chi connectivity index (χ4v) is 3.42. The minimum Gasteiger partial charge on any atom is -0.475 e. The van der Waals surface area contributed by atoms with E-state index >= 15 is 0 Å². The van der Waals surface area contributed by atoms with Crippen molar-refractivity contribution in [1.29, 1.82) is 0 Å². The number of aliphatic carboxylic acids is 1. The molecule has 1 aliphatic carbocycles. The van der Waals surface area contributed by atoms with E-state index in [1.165, 1.54) is 24.7 Å². The smallest absolute Gasteiger partial charge is 0.475 e. The molecule has 0 saturated heterocycles. The summed E-state index contributed by atoms with van der Waals surface area (Å²) in [5.74, 6) is -1.97. The Labute approximate surface area is 182 Å². The number of ether oxygens (including phenoxy) is 1. The molecule has 174 valence electrons. The average Bonchev–Trinajstić information content (AvgIpc) is 3.50. The van der Waals surface area contributed by atoms with E-state index in [0.717, 1.165) is 24.6 Å². The van der Waals surface area contributed by atoms with Gasteiger partial charge < -0.3 is 14.7 Å². The molecule has 12 heteroatoms. The fourth-order valence-electron chi connectivity index (χ4n) is 3.42. The number of carbonyl (C=O) groups is 2. The third-order valence-corrected chi connectivity index (χ3v) is 5.13. The van der Waals surface area contributed by atoms with E-state index in [1.807, 2.05) is 15.8 Å². The summed E-state index contributed by atoms with van der Waals surface area (Å²) in [4.78, 5) is 31.7. The molecule has 1 unspecified atom stereocenters. The van der Waals surface area contributed by atoms with Crippen LogP contribution in [0.5, 0.6) is 0 Å². The van der Waals surface area contributed by atoms with Gasteiger partial charge in [0.1, 0.15) is 5.69 Å². The van der Waals surface area contributed by atoms with Gasteiger partial charge in [-0.05, 0) is 25.7 Å². The Balaban J connectivity index is 0.000000360. The quantitative estimate of drug-likeness (QED) is 0.713. The van der Waals surface area contributed by atoms with Crippen LogP contribution in [-0.4, -0.2) is 67.6 Å². The number of nitrogens with zero attached hydrogens (tertiary/aromatic N) is 5. The van der Waals surface area contributed by atoms with Gasteiger partial charge in [0.2, 0.25) is 0 Å². The topological polar surface area (TPSA) is 110 Å². The summed E-state index contributed by atoms with van der Waals surface area (Å²) in [5.41, 5.74) is 2.69. The summed E-state index contributed by atoms with van der Waals surface area (Å²) in [5, 5.41) is 11.6. The molecule has 0 aromatic carbocycles. The van der Waals surface area contributed by atoms with Crippen molar-refractivity contribution in [3.05, 3.63) is 41.7 Å². The Morgan fingerprint density at radius 1 is 1.22 bits per heavy atom. The van der Waals surface area contributed by atoms with Crippen molar-refractivity contribution in [1.82, 2.24) is 24.6 Å². The maximum absolute atomic E-state index is 12.8. The first-order chi connectivity index (χ1) is 15.2. The second kappa shape index (κ2) is 10.1. The Morgan fingerprint density at radius 2 is 1.94 bits per heavy atom. The molecule has 2 aromatic heterocycles. The highest BCUT2D eigenvalue weighted by atomic mass is 19.4. The van der Waals surface area contributed by atoms with Crippen LogP contribution < -0.4 is 0 Å². The van der Waals surface area contributed by atoms with Gasteiger partial charge in [-0.2, -0.15) is 18.3 Å². The number of carboxylic acid groups (broad SMARTS) is 1. The largest absolute Gasteiger partial charge is 0.490 e. The van der Waals surface area contributed by atoms with Crippen molar-refractivity contribution in [3.8, 4) is 0 Å². The molecule has 4 rings (SSSR count). The van der Waals surface area contributed by atoms with Crippen LogP contribution >= 0.6 is 0 Å². The molecule has 1 saturated carbocycles. The van der Waals surface area contributed by atoms with Gasteiger partial charge in [0, 0.05) is 50.1 Å². The van der Waals surface area contributed by atoms with Crippen LogP contribution in [0.3, 0.4) is 0 Å². The Kier molecular flexibility index (Phi) is 7.44. The highest BCUT2D eigenvalue weighted by Gasteiger charge is 2.38. The van der Waals surface area contributed by atoms with E-state index in [2.05, 4.69) is 22.0 Å². The summed E-state index contributed by atoms with van der Waals surface area (Å²) in [6.45, 7) is 5.55. The maximum atomic E-state index is 12.8. The van der Waals surface area contributed by atoms with Crippen molar-refractivity contribution in [2.24, 2.45) is 5.92 Å². The molecule has 0 bridgehead atoms. The van der Waals surface area contributed by atoms with Gasteiger partial charge in [-0.15, -0.1) is 0 Å². The molecule has 9 nitrogen and oxygen atoms in total. The molecule has 2 aromatic rings. The van der Waals surface area contributed by atoms with Crippen molar-refractivity contribution >= 4 is 11.9 Å². The van der Waals surface area contributed by atoms with Gasteiger partial charge in [0.05, 0.1) is 24.7 Å². The van der Waals surface area contributed by atoms with Crippen LogP contribution in [0.1, 0.15) is 47.4 Å². The predicted octanol–water partition coefficient (Wildman–Crippen LogP) is 2.49. The molecule has 3 heterocycles. The van der Waals surface area contributed by atoms with Gasteiger partial charge in [-0.3, -0.25) is 14.5 Å². The number of halogens is 3. The van der Waals surface area contributed by atoms with Crippen molar-refractivity contribution in [2.45, 2.75) is 44.9 Å². The zero-order valence-corrected chi connectivity index (χ0v) is 17.5. The van der Waals surface area contributed by atoms with E-state index in [0.29, 0.717) is 25.4 Å². The molecule has 1 amide bonds. The lowest BCUT2D eigenvalue weighted by atomic mass is 9.96. The van der Waals surface area contributed by atoms with Gasteiger partial charge in [-0.1, -0.05) is 0 Å². The van der Waals surface area contributed by atoms with Gasteiger partial charge >= 0.3 is 12.1 Å². The highest BCUT2D eigenvalue weighted by Crippen LogP contribution is 2.32. The first kappa shape index (κ1) is 23.6. The zero-order valence-electron chi connectivity index (χ0n) is 17.5. The second-order valence-electron chi connectivity index (χ2n) is 7.63. The number of alkyl halides is 3. The zero-order chi connectivity index (χ0) is 23.3. The van der Waals surface area contributed by atoms with Gasteiger partial charge in [0.15, 0.2) is 0 Å². The second-order valence-corrected chi connectivity index (χ2v) is 7.63. The minimum absolute atomic E-state index is 0.0878. The van der Waals surface area contributed by atoms with E-state index < -0.39 is 12.1 Å². The molecule has 1 aliphatic heterocycles. The van der Waals surface area contributed by atoms with E-state index in [-0.39, 0.29) is 11.8 Å². The van der Waals surface area contributed by atoms with Crippen LogP contribution in [0.4, 0.5) is 13.2 Å². The number of fused-ring (bicyclic) bond motifs is 1. The molecule has 2 aliphatic rings. The molecule has 1 N–H and O–H groups in total. The molecule has 1 atom stereocenters. The van der Waals surface area contributed by atoms with Crippen molar-refractivity contribution in [3.63, 3.8) is 0 Å². The lowest BCUT2D eigenvalue weighted by Crippen LogP contribution is -2.40. The predicted molar refractivity (Wildman–Crippen MR) is 105 cm³/mol. The highest BCUT2D eigenvalue weighted by molar-refractivity contribution is 5.92. The number of amides is 1. The summed E-state index contributed by atoms with van der Waals surface area (Å²) in [6.07, 6.45) is 3.99. The number of aryl methyl sites for hydroxylation is 1. The summed E-state index contributed by atoms with van der Waals surface area (Å²) < 4.78 is 39.7. The van der Waals surface area contributed by atoms with E-state index in [4.69, 9.17) is 14.6 Å². The van der Waals surface area contributed by atoms with Crippen LogP contribution in [-0.2, 0) is 22.6 Å². The monoisotopic (exact) mass is 455 g/mol. The number of hydrogen-bond acceptors (Lipinski definition) is 6. The first-order valence-corrected chi connectivity index (χ1v) is 10.2. The van der Waals surface area contributed by atoms with E-state index in [9.17, 15) is 18.0 Å². The number of aromatic nitrogens is 4. The third kappa shape index (κ3) is 6.02. The molecule has 1 fully saturated rings. The molecule has 32 heavy (non-hydrogen) atoms. The Hall–Kier alpha value is -3.02. The standard InChI is InChI=1S/C18H23N5O2.C2HF3O2/c1-2-23-17-14(7-21-23)9-22(18(24)16-8-19-5-6-20-16)10-15(17)12-25-11-13-3-4-13;3-2(4,5)1(6)7/h5-8,13,15H,2-4,9-12H2,1H3;(H,6,7). The third-order valence-electron chi connectivity index (χ3n) is 5.13. The van der Waals surface area contributed by atoms with Crippen LogP contribution in [0.15, 0.2) is 24.8 Å². The lowest BCUT2D eigenvalue weighted by molar-refractivity contribution is -0.192. The molecule has 0 radical (unpaired) electrons. The Morgan fingerprint density at radius 3 is 2.50 bits per heavy atom. The number of carboxylic acids is 1. The van der Waals surface area contributed by atoms with E-state index in [1.54, 1.807) is 12.4 Å². The van der Waals surface area contributed by atoms with Crippen molar-refractivity contribution < 1.29 is 32.6 Å². The van der Waals surface area contributed by atoms with Gasteiger partial charge in [0.25, 0.3) is 5.91 Å². The van der Waals surface area contributed by atoms with Gasteiger partial charge in [-0.25, -0.2) is 9.78 Å². The summed E-state index contributed by atoms with van der Waals surface area (Å²) in [7, 11) is 0. The SMILES string of the molecule is CCn1ncc2c1C(COCC1CC1)CN(C(=O)c1cnccn1)C2.O=C(O)C(F)(F)F. The Bertz CT molecular complexity index is 931. The fraction of sp³-hybridized carbons (Fsp3) is 0.550. The lowest BCUT2D eigenvalue weighted by Gasteiger charge is -2.33. The van der Waals surface area contributed by atoms with Crippen LogP contribution in [0, 0.1) is 5.92 Å². The number of rotatable bonds is 6. The van der Waals surface area contributed by atoms with Crippen molar-refractivity contribution in [2.75, 3.05) is 19.8 Å². The number of hydrogen-bond donors (Lipinski definition) is 1. The molecular weight excluding hydrogens is 431 g/mol.